The Kier molecular flexibility index (Phi) is 4.77. The number of thiazole rings is 1. The minimum absolute atomic E-state index is 0.604. The Hall–Kier alpha value is -1.69. The molecule has 7 heteroatoms. The Labute approximate surface area is 178 Å². The fourth-order valence-electron chi connectivity index (χ4n) is 4.57. The molecule has 2 saturated heterocycles. The molecule has 0 N–H and O–H groups in total. The Bertz CT molecular complexity index is 1010. The van der Waals surface area contributed by atoms with E-state index in [2.05, 4.69) is 9.80 Å². The summed E-state index contributed by atoms with van der Waals surface area (Å²) in [6, 6.07) is 11.8. The maximum atomic E-state index is 6.26. The number of anilines is 2. The largest absolute Gasteiger partial charge is 0.495 e. The van der Waals surface area contributed by atoms with E-state index < -0.39 is 0 Å². The van der Waals surface area contributed by atoms with Crippen LogP contribution < -0.4 is 14.5 Å². The second-order valence-electron chi connectivity index (χ2n) is 7.70. The van der Waals surface area contributed by atoms with Gasteiger partial charge >= 0.3 is 0 Å². The topological polar surface area (TPSA) is 28.6 Å². The summed E-state index contributed by atoms with van der Waals surface area (Å²) in [5, 5.41) is 2.63. The molecule has 3 aromatic rings. The number of piperidine rings is 2. The van der Waals surface area contributed by atoms with Gasteiger partial charge in [0.2, 0.25) is 0 Å². The van der Waals surface area contributed by atoms with Gasteiger partial charge in [-0.2, -0.15) is 0 Å². The maximum Gasteiger partial charge on any atom is 0.186 e. The summed E-state index contributed by atoms with van der Waals surface area (Å²) in [5.41, 5.74) is 2.14. The quantitative estimate of drug-likeness (QED) is 0.539. The van der Waals surface area contributed by atoms with E-state index in [1.165, 1.54) is 6.42 Å². The van der Waals surface area contributed by atoms with Gasteiger partial charge in [-0.1, -0.05) is 34.5 Å². The molecular weight excluding hydrogens is 413 g/mol. The van der Waals surface area contributed by atoms with Crippen LogP contribution in [0.5, 0.6) is 5.75 Å². The molecule has 0 amide bonds. The Morgan fingerprint density at radius 2 is 1.64 bits per heavy atom. The Balaban J connectivity index is 1.37. The molecule has 2 aromatic carbocycles. The molecule has 0 radical (unpaired) electrons. The zero-order valence-corrected chi connectivity index (χ0v) is 17.9. The van der Waals surface area contributed by atoms with Crippen molar-refractivity contribution in [1.82, 2.24) is 4.98 Å². The summed E-state index contributed by atoms with van der Waals surface area (Å²) in [5.74, 6) is 2.10. The first kappa shape index (κ1) is 18.3. The highest BCUT2D eigenvalue weighted by molar-refractivity contribution is 7.22. The number of halogens is 2. The van der Waals surface area contributed by atoms with Gasteiger partial charge < -0.3 is 14.5 Å². The average Bonchev–Trinajstić information content (AvgIpc) is 3.10. The van der Waals surface area contributed by atoms with E-state index in [1.54, 1.807) is 18.4 Å². The van der Waals surface area contributed by atoms with Crippen molar-refractivity contribution in [2.75, 3.05) is 43.1 Å². The highest BCUT2D eigenvalue weighted by Crippen LogP contribution is 2.39. The number of fused-ring (bicyclic) bond motifs is 3. The Morgan fingerprint density at radius 3 is 2.39 bits per heavy atom. The highest BCUT2D eigenvalue weighted by atomic mass is 35.5. The van der Waals surface area contributed by atoms with Crippen molar-refractivity contribution in [3.8, 4) is 5.75 Å². The van der Waals surface area contributed by atoms with Gasteiger partial charge in [0.1, 0.15) is 5.75 Å². The minimum atomic E-state index is 0.604. The van der Waals surface area contributed by atoms with Crippen LogP contribution in [-0.4, -0.2) is 38.3 Å². The predicted molar refractivity (Wildman–Crippen MR) is 119 cm³/mol. The highest BCUT2D eigenvalue weighted by Gasteiger charge is 2.36. The summed E-state index contributed by atoms with van der Waals surface area (Å²) in [6.45, 7) is 4.09. The fraction of sp³-hybridized carbons (Fsp3) is 0.381. The van der Waals surface area contributed by atoms with Crippen LogP contribution in [0.3, 0.4) is 0 Å². The van der Waals surface area contributed by atoms with Crippen LogP contribution in [0.4, 0.5) is 10.8 Å². The van der Waals surface area contributed by atoms with E-state index in [1.807, 2.05) is 36.4 Å². The molecule has 2 fully saturated rings. The number of rotatable bonds is 3. The van der Waals surface area contributed by atoms with Gasteiger partial charge in [-0.25, -0.2) is 4.98 Å². The lowest BCUT2D eigenvalue weighted by atomic mass is 9.84. The van der Waals surface area contributed by atoms with Crippen molar-refractivity contribution in [2.45, 2.75) is 6.42 Å². The van der Waals surface area contributed by atoms with Crippen LogP contribution in [0.25, 0.3) is 10.2 Å². The molecular formula is C21H21Cl2N3OS. The number of aromatic nitrogens is 1. The molecule has 4 nitrogen and oxygen atoms in total. The van der Waals surface area contributed by atoms with Gasteiger partial charge in [0, 0.05) is 36.2 Å². The molecule has 0 aliphatic carbocycles. The van der Waals surface area contributed by atoms with Crippen molar-refractivity contribution < 1.29 is 4.74 Å². The number of benzene rings is 2. The standard InChI is InChI=1S/C21H21Cl2N3OS/c1-27-19-5-3-15(22)7-18(19)25-9-13-6-14(10-25)12-26(11-13)21-24-17-4-2-16(23)8-20(17)28-21/h2-5,7-8,13-14H,6,9-12H2,1H3. The first-order valence-electron chi connectivity index (χ1n) is 9.48. The zero-order valence-electron chi connectivity index (χ0n) is 15.6. The first-order valence-corrected chi connectivity index (χ1v) is 11.1. The molecule has 2 bridgehead atoms. The summed E-state index contributed by atoms with van der Waals surface area (Å²) >= 11 is 14.1. The fourth-order valence-corrected chi connectivity index (χ4v) is 5.99. The lowest BCUT2D eigenvalue weighted by Crippen LogP contribution is -2.53. The van der Waals surface area contributed by atoms with Crippen LogP contribution in [0.15, 0.2) is 36.4 Å². The minimum Gasteiger partial charge on any atom is -0.495 e. The van der Waals surface area contributed by atoms with E-state index in [-0.39, 0.29) is 0 Å². The second kappa shape index (κ2) is 7.29. The van der Waals surface area contributed by atoms with Crippen LogP contribution in [0.2, 0.25) is 10.0 Å². The third-order valence-electron chi connectivity index (χ3n) is 5.67. The van der Waals surface area contributed by atoms with Crippen molar-refractivity contribution in [3.63, 3.8) is 0 Å². The summed E-state index contributed by atoms with van der Waals surface area (Å²) in [4.78, 5) is 9.76. The Morgan fingerprint density at radius 1 is 0.964 bits per heavy atom. The van der Waals surface area contributed by atoms with Crippen molar-refractivity contribution in [2.24, 2.45) is 11.8 Å². The van der Waals surface area contributed by atoms with Gasteiger partial charge in [-0.3, -0.25) is 0 Å². The molecule has 2 aliphatic heterocycles. The molecule has 2 aliphatic rings. The van der Waals surface area contributed by atoms with Crippen LogP contribution >= 0.6 is 34.5 Å². The molecule has 0 saturated carbocycles. The zero-order chi connectivity index (χ0) is 19.3. The average molecular weight is 434 g/mol. The van der Waals surface area contributed by atoms with Crippen molar-refractivity contribution >= 4 is 55.6 Å². The predicted octanol–water partition coefficient (Wildman–Crippen LogP) is 5.57. The number of methoxy groups -OCH3 is 1. The summed E-state index contributed by atoms with van der Waals surface area (Å²) in [6.07, 6.45) is 1.27. The van der Waals surface area contributed by atoms with Gasteiger partial charge in [0.25, 0.3) is 0 Å². The normalized spacial score (nSPS) is 22.0. The number of hydrogen-bond acceptors (Lipinski definition) is 5. The van der Waals surface area contributed by atoms with Crippen LogP contribution in [-0.2, 0) is 0 Å². The molecule has 1 aromatic heterocycles. The second-order valence-corrected chi connectivity index (χ2v) is 9.58. The molecule has 2 unspecified atom stereocenters. The van der Waals surface area contributed by atoms with E-state index in [4.69, 9.17) is 32.9 Å². The molecule has 5 rings (SSSR count). The SMILES string of the molecule is COc1ccc(Cl)cc1N1CC2CC(CN(c3nc4ccc(Cl)cc4s3)C2)C1. The number of nitrogens with zero attached hydrogens (tertiary/aromatic N) is 3. The maximum absolute atomic E-state index is 6.26. The lowest BCUT2D eigenvalue weighted by molar-refractivity contribution is 0.275. The summed E-state index contributed by atoms with van der Waals surface area (Å²) in [7, 11) is 1.72. The molecule has 2 atom stereocenters. The molecule has 0 spiro atoms. The smallest absolute Gasteiger partial charge is 0.186 e. The lowest BCUT2D eigenvalue weighted by Gasteiger charge is -2.46. The molecule has 146 valence electrons. The van der Waals surface area contributed by atoms with E-state index in [0.717, 1.165) is 63.0 Å². The summed E-state index contributed by atoms with van der Waals surface area (Å²) < 4.78 is 6.74. The molecule has 3 heterocycles. The van der Waals surface area contributed by atoms with Crippen LogP contribution in [0, 0.1) is 11.8 Å². The van der Waals surface area contributed by atoms with Crippen LogP contribution in [0.1, 0.15) is 6.42 Å². The van der Waals surface area contributed by atoms with Crippen molar-refractivity contribution in [3.05, 3.63) is 46.4 Å². The van der Waals surface area contributed by atoms with Gasteiger partial charge in [-0.05, 0) is 54.7 Å². The van der Waals surface area contributed by atoms with E-state index in [0.29, 0.717) is 11.8 Å². The van der Waals surface area contributed by atoms with E-state index in [9.17, 15) is 0 Å². The monoisotopic (exact) mass is 433 g/mol. The third-order valence-corrected chi connectivity index (χ3v) is 7.22. The molecule has 28 heavy (non-hydrogen) atoms. The number of hydrogen-bond donors (Lipinski definition) is 0. The third kappa shape index (κ3) is 3.40. The first-order chi connectivity index (χ1) is 13.6. The van der Waals surface area contributed by atoms with Gasteiger partial charge in [-0.15, -0.1) is 0 Å². The van der Waals surface area contributed by atoms with E-state index >= 15 is 0 Å². The number of ether oxygens (including phenoxy) is 1. The van der Waals surface area contributed by atoms with Gasteiger partial charge in [0.15, 0.2) is 5.13 Å². The van der Waals surface area contributed by atoms with Crippen molar-refractivity contribution in [1.29, 1.82) is 0 Å². The van der Waals surface area contributed by atoms with Gasteiger partial charge in [0.05, 0.1) is 23.0 Å².